The molecule has 0 aromatic rings. The largest absolute Gasteiger partial charge is 0.390 e. The minimum atomic E-state index is -1.26. The van der Waals surface area contributed by atoms with Crippen LogP contribution in [0, 0.1) is 23.2 Å². The monoisotopic (exact) mass is 437 g/mol. The Morgan fingerprint density at radius 1 is 1.03 bits per heavy atom. The van der Waals surface area contributed by atoms with Crippen molar-refractivity contribution < 1.29 is 24.1 Å². The maximum atomic E-state index is 14.7. The third-order valence-corrected chi connectivity index (χ3v) is 10.4. The Bertz CT molecular complexity index is 714. The van der Waals surface area contributed by atoms with Crippen LogP contribution in [0.15, 0.2) is 0 Å². The van der Waals surface area contributed by atoms with Gasteiger partial charge in [0.2, 0.25) is 0 Å². The Morgan fingerprint density at radius 2 is 1.84 bits per heavy atom. The minimum Gasteiger partial charge on any atom is -0.390 e. The van der Waals surface area contributed by atoms with E-state index in [1.807, 2.05) is 0 Å². The SMILES string of the molecule is C[C@]12CCC3[C@@H](CC[C@@]4(O)C[C@@H](O)[C@H](F)C[C@]34C)[C@@H]1CCCN2C(=O)[C@H]1CCCCO1. The van der Waals surface area contributed by atoms with E-state index in [1.165, 1.54) is 0 Å². The quantitative estimate of drug-likeness (QED) is 0.658. The van der Waals surface area contributed by atoms with Crippen LogP contribution in [-0.2, 0) is 9.53 Å². The lowest BCUT2D eigenvalue weighted by Gasteiger charge is -2.66. The van der Waals surface area contributed by atoms with Crippen LogP contribution < -0.4 is 0 Å². The normalized spacial score (nSPS) is 52.6. The molecule has 0 spiro atoms. The van der Waals surface area contributed by atoms with E-state index in [2.05, 4.69) is 18.7 Å². The Labute approximate surface area is 185 Å². The van der Waals surface area contributed by atoms with E-state index in [-0.39, 0.29) is 36.3 Å². The highest BCUT2D eigenvalue weighted by Crippen LogP contribution is 2.65. The van der Waals surface area contributed by atoms with E-state index in [0.717, 1.165) is 57.9 Å². The van der Waals surface area contributed by atoms with Gasteiger partial charge in [-0.15, -0.1) is 0 Å². The van der Waals surface area contributed by atoms with Crippen molar-refractivity contribution in [2.45, 2.75) is 114 Å². The zero-order chi connectivity index (χ0) is 22.0. The molecule has 2 aliphatic heterocycles. The van der Waals surface area contributed by atoms with Gasteiger partial charge in [0.25, 0.3) is 5.91 Å². The smallest absolute Gasteiger partial charge is 0.252 e. The summed E-state index contributed by atoms with van der Waals surface area (Å²) in [4.78, 5) is 15.6. The molecule has 0 radical (unpaired) electrons. The van der Waals surface area contributed by atoms with E-state index in [1.54, 1.807) is 0 Å². The molecular weight excluding hydrogens is 397 g/mol. The van der Waals surface area contributed by atoms with Crippen LogP contribution in [-0.4, -0.2) is 63.7 Å². The van der Waals surface area contributed by atoms with Gasteiger partial charge in [-0.3, -0.25) is 4.79 Å². The lowest BCUT2D eigenvalue weighted by molar-refractivity contribution is -0.238. The maximum absolute atomic E-state index is 14.7. The first kappa shape index (κ1) is 22.1. The highest BCUT2D eigenvalue weighted by atomic mass is 19.1. The zero-order valence-corrected chi connectivity index (χ0v) is 19.2. The molecule has 31 heavy (non-hydrogen) atoms. The summed E-state index contributed by atoms with van der Waals surface area (Å²) in [6, 6.07) is 0. The number of likely N-dealkylation sites (tertiary alicyclic amines) is 1. The molecule has 0 aromatic heterocycles. The summed E-state index contributed by atoms with van der Waals surface area (Å²) in [6.45, 7) is 5.84. The standard InChI is InChI=1S/C25H40FNO4/c1-23-14-19(26)20(28)15-25(23,30)11-8-16-17(23)9-10-24(2)18(16)6-5-12-27(24)22(29)21-7-3-4-13-31-21/h16-21,28,30H,3-15H2,1-2H3/t16-,17?,18+,19-,20-,21-,23-,24+,25-/m1/s1. The Morgan fingerprint density at radius 3 is 2.58 bits per heavy atom. The van der Waals surface area contributed by atoms with Crippen molar-refractivity contribution in [1.82, 2.24) is 4.90 Å². The molecule has 5 fully saturated rings. The van der Waals surface area contributed by atoms with Gasteiger partial charge in [-0.25, -0.2) is 4.39 Å². The average Bonchev–Trinajstić information content (AvgIpc) is 2.75. The summed E-state index contributed by atoms with van der Waals surface area (Å²) in [5, 5.41) is 21.7. The molecular formula is C25H40FNO4. The van der Waals surface area contributed by atoms with Crippen LogP contribution in [0.25, 0.3) is 0 Å². The number of halogens is 1. The van der Waals surface area contributed by atoms with Crippen LogP contribution in [0.1, 0.15) is 84.5 Å². The van der Waals surface area contributed by atoms with Gasteiger partial charge in [-0.2, -0.15) is 0 Å². The first-order valence-corrected chi connectivity index (χ1v) is 12.7. The minimum absolute atomic E-state index is 0.152. The molecule has 9 atom stereocenters. The third kappa shape index (κ3) is 3.22. The molecule has 5 nitrogen and oxygen atoms in total. The van der Waals surface area contributed by atoms with Crippen molar-refractivity contribution >= 4 is 5.91 Å². The van der Waals surface area contributed by atoms with Gasteiger partial charge in [0.05, 0.1) is 11.7 Å². The number of fused-ring (bicyclic) bond motifs is 5. The molecule has 2 saturated heterocycles. The van der Waals surface area contributed by atoms with Crippen LogP contribution in [0.2, 0.25) is 0 Å². The molecule has 5 aliphatic rings. The van der Waals surface area contributed by atoms with E-state index in [0.29, 0.717) is 24.9 Å². The summed E-state index contributed by atoms with van der Waals surface area (Å²) < 4.78 is 20.5. The van der Waals surface area contributed by atoms with Gasteiger partial charge < -0.3 is 19.8 Å². The van der Waals surface area contributed by atoms with Crippen molar-refractivity contribution in [3.63, 3.8) is 0 Å². The van der Waals surface area contributed by atoms with Crippen LogP contribution in [0.4, 0.5) is 4.39 Å². The lowest BCUT2D eigenvalue weighted by Crippen LogP contribution is -2.69. The Kier molecular flexibility index (Phi) is 5.46. The number of hydrogen-bond donors (Lipinski definition) is 2. The second-order valence-corrected chi connectivity index (χ2v) is 11.7. The number of carbonyl (C=O) groups excluding carboxylic acids is 1. The highest BCUT2D eigenvalue weighted by molar-refractivity contribution is 5.82. The second-order valence-electron chi connectivity index (χ2n) is 11.7. The molecule has 3 saturated carbocycles. The number of alkyl halides is 1. The van der Waals surface area contributed by atoms with Crippen LogP contribution in [0.5, 0.6) is 0 Å². The van der Waals surface area contributed by atoms with Crippen molar-refractivity contribution in [3.8, 4) is 0 Å². The first-order valence-electron chi connectivity index (χ1n) is 12.7. The van der Waals surface area contributed by atoms with E-state index < -0.39 is 23.3 Å². The van der Waals surface area contributed by atoms with Gasteiger partial charge in [0, 0.05) is 30.5 Å². The maximum Gasteiger partial charge on any atom is 0.252 e. The molecule has 2 heterocycles. The number of aliphatic hydroxyl groups is 2. The number of hydrogen-bond acceptors (Lipinski definition) is 4. The average molecular weight is 438 g/mol. The fraction of sp³-hybridized carbons (Fsp3) is 0.960. The van der Waals surface area contributed by atoms with Crippen molar-refractivity contribution in [2.24, 2.45) is 23.2 Å². The van der Waals surface area contributed by atoms with Crippen molar-refractivity contribution in [2.75, 3.05) is 13.2 Å². The third-order valence-electron chi connectivity index (χ3n) is 10.4. The topological polar surface area (TPSA) is 70.0 Å². The van der Waals surface area contributed by atoms with E-state index >= 15 is 0 Å². The molecule has 0 aromatic carbocycles. The molecule has 0 bridgehead atoms. The van der Waals surface area contributed by atoms with Gasteiger partial charge >= 0.3 is 0 Å². The van der Waals surface area contributed by atoms with Gasteiger partial charge in [-0.05, 0) is 88.9 Å². The van der Waals surface area contributed by atoms with E-state index in [4.69, 9.17) is 4.74 Å². The summed E-state index contributed by atoms with van der Waals surface area (Å²) >= 11 is 0. The lowest BCUT2D eigenvalue weighted by atomic mass is 9.43. The highest BCUT2D eigenvalue weighted by Gasteiger charge is 2.65. The molecule has 1 amide bonds. The number of rotatable bonds is 1. The number of carbonyl (C=O) groups is 1. The molecule has 3 aliphatic carbocycles. The van der Waals surface area contributed by atoms with Crippen molar-refractivity contribution in [1.29, 1.82) is 0 Å². The number of nitrogens with zero attached hydrogens (tertiary/aromatic N) is 1. The number of amides is 1. The van der Waals surface area contributed by atoms with Crippen LogP contribution >= 0.6 is 0 Å². The van der Waals surface area contributed by atoms with E-state index in [9.17, 15) is 19.4 Å². The molecule has 1 unspecified atom stereocenters. The van der Waals surface area contributed by atoms with Crippen LogP contribution in [0.3, 0.4) is 0 Å². The zero-order valence-electron chi connectivity index (χ0n) is 19.2. The summed E-state index contributed by atoms with van der Waals surface area (Å²) in [5.74, 6) is 1.21. The predicted octanol–water partition coefficient (Wildman–Crippen LogP) is 3.60. The van der Waals surface area contributed by atoms with Gasteiger partial charge in [0.15, 0.2) is 0 Å². The van der Waals surface area contributed by atoms with Gasteiger partial charge in [0.1, 0.15) is 12.3 Å². The second kappa shape index (κ2) is 7.66. The fourth-order valence-corrected chi connectivity index (χ4v) is 8.57. The fourth-order valence-electron chi connectivity index (χ4n) is 8.57. The van der Waals surface area contributed by atoms with Gasteiger partial charge in [-0.1, -0.05) is 6.92 Å². The molecule has 2 N–H and O–H groups in total. The summed E-state index contributed by atoms with van der Waals surface area (Å²) in [7, 11) is 0. The predicted molar refractivity (Wildman–Crippen MR) is 115 cm³/mol. The Hall–Kier alpha value is -0.720. The number of ether oxygens (including phenoxy) is 1. The Balaban J connectivity index is 1.41. The number of piperidine rings is 1. The summed E-state index contributed by atoms with van der Waals surface area (Å²) in [5.41, 5.74) is -1.66. The molecule has 6 heteroatoms. The molecule has 5 rings (SSSR count). The molecule has 176 valence electrons. The van der Waals surface area contributed by atoms with Crippen molar-refractivity contribution in [3.05, 3.63) is 0 Å². The number of aliphatic hydroxyl groups excluding tert-OH is 1. The first-order chi connectivity index (χ1) is 14.7. The summed E-state index contributed by atoms with van der Waals surface area (Å²) in [6.07, 6.45) is 6.18.